The summed E-state index contributed by atoms with van der Waals surface area (Å²) in [4.78, 5) is 0. The number of benzene rings is 2. The minimum absolute atomic E-state index is 0.0437. The zero-order valence-corrected chi connectivity index (χ0v) is 16.8. The molecule has 1 saturated heterocycles. The molecule has 5 atom stereocenters. The molecule has 2 unspecified atom stereocenters. The predicted octanol–water partition coefficient (Wildman–Crippen LogP) is 6.03. The Hall–Kier alpha value is -2.06. The van der Waals surface area contributed by atoms with Gasteiger partial charge in [-0.25, -0.2) is 0 Å². The van der Waals surface area contributed by atoms with Gasteiger partial charge in [-0.2, -0.15) is 0 Å². The van der Waals surface area contributed by atoms with Crippen molar-refractivity contribution in [3.8, 4) is 0 Å². The number of hydrogen-bond donors (Lipinski definition) is 0. The predicted molar refractivity (Wildman–Crippen MR) is 111 cm³/mol. The molecule has 144 valence electrons. The van der Waals surface area contributed by atoms with Crippen molar-refractivity contribution >= 4 is 0 Å². The van der Waals surface area contributed by atoms with Crippen LogP contribution in [0.5, 0.6) is 0 Å². The number of hydrogen-bond acceptors (Lipinski definition) is 2. The summed E-state index contributed by atoms with van der Waals surface area (Å²) in [5, 5.41) is 0. The topological polar surface area (TPSA) is 18.5 Å². The first-order valence-corrected chi connectivity index (χ1v) is 10.1. The molecule has 2 nitrogen and oxygen atoms in total. The van der Waals surface area contributed by atoms with Crippen LogP contribution in [0.4, 0.5) is 0 Å². The van der Waals surface area contributed by atoms with Crippen LogP contribution in [0.25, 0.3) is 0 Å². The van der Waals surface area contributed by atoms with E-state index in [2.05, 4.69) is 69.8 Å². The molecular weight excluding hydrogens is 332 g/mol. The Kier molecular flexibility index (Phi) is 6.73. The van der Waals surface area contributed by atoms with E-state index in [0.29, 0.717) is 24.4 Å². The quantitative estimate of drug-likeness (QED) is 0.597. The SMILES string of the molecule is C=C1OC([C@H](C)CCc2ccccc2)[C@@H](C)[C@H](C)C1OCc1ccccc1. The van der Waals surface area contributed by atoms with Gasteiger partial charge in [-0.05, 0) is 41.7 Å². The lowest BCUT2D eigenvalue weighted by Crippen LogP contribution is -2.45. The van der Waals surface area contributed by atoms with Crippen molar-refractivity contribution < 1.29 is 9.47 Å². The molecule has 0 N–H and O–H groups in total. The number of rotatable bonds is 7. The summed E-state index contributed by atoms with van der Waals surface area (Å²) >= 11 is 0. The van der Waals surface area contributed by atoms with Crippen LogP contribution in [-0.4, -0.2) is 12.2 Å². The van der Waals surface area contributed by atoms with Crippen molar-refractivity contribution in [2.75, 3.05) is 0 Å². The number of ether oxygens (including phenoxy) is 2. The van der Waals surface area contributed by atoms with Gasteiger partial charge in [0.25, 0.3) is 0 Å². The van der Waals surface area contributed by atoms with Crippen LogP contribution in [-0.2, 0) is 22.5 Å². The summed E-state index contributed by atoms with van der Waals surface area (Å²) in [6, 6.07) is 21.0. The fraction of sp³-hybridized carbons (Fsp3) is 0.440. The Bertz CT molecular complexity index is 710. The molecule has 0 aliphatic carbocycles. The molecular formula is C25H32O2. The van der Waals surface area contributed by atoms with Gasteiger partial charge in [0, 0.05) is 0 Å². The van der Waals surface area contributed by atoms with E-state index in [1.54, 1.807) is 0 Å². The summed E-state index contributed by atoms with van der Waals surface area (Å²) in [7, 11) is 0. The lowest BCUT2D eigenvalue weighted by atomic mass is 9.77. The second kappa shape index (κ2) is 9.23. The van der Waals surface area contributed by atoms with E-state index in [9.17, 15) is 0 Å². The van der Waals surface area contributed by atoms with E-state index in [1.807, 2.05) is 18.2 Å². The molecule has 1 heterocycles. The molecule has 2 heteroatoms. The minimum atomic E-state index is -0.0437. The zero-order valence-electron chi connectivity index (χ0n) is 16.8. The van der Waals surface area contributed by atoms with Crippen LogP contribution >= 0.6 is 0 Å². The lowest BCUT2D eigenvalue weighted by Gasteiger charge is -2.43. The van der Waals surface area contributed by atoms with Crippen molar-refractivity contribution in [2.24, 2.45) is 17.8 Å². The molecule has 0 amide bonds. The van der Waals surface area contributed by atoms with Gasteiger partial charge in [0.1, 0.15) is 18.0 Å². The van der Waals surface area contributed by atoms with Crippen LogP contribution in [0.1, 0.15) is 38.3 Å². The average molecular weight is 365 g/mol. The molecule has 0 aromatic heterocycles. The van der Waals surface area contributed by atoms with Gasteiger partial charge in [0.05, 0.1) is 6.61 Å². The Balaban J connectivity index is 1.56. The molecule has 3 rings (SSSR count). The Morgan fingerprint density at radius 3 is 2.15 bits per heavy atom. The van der Waals surface area contributed by atoms with E-state index >= 15 is 0 Å². The molecule has 1 aliphatic heterocycles. The fourth-order valence-corrected chi connectivity index (χ4v) is 4.06. The third kappa shape index (κ3) is 5.01. The van der Waals surface area contributed by atoms with Gasteiger partial charge in [-0.15, -0.1) is 0 Å². The summed E-state index contributed by atoms with van der Waals surface area (Å²) in [5.74, 6) is 2.09. The van der Waals surface area contributed by atoms with E-state index in [4.69, 9.17) is 9.47 Å². The van der Waals surface area contributed by atoms with Crippen molar-refractivity contribution in [1.29, 1.82) is 0 Å². The van der Waals surface area contributed by atoms with E-state index < -0.39 is 0 Å². The van der Waals surface area contributed by atoms with E-state index in [-0.39, 0.29) is 12.2 Å². The Morgan fingerprint density at radius 2 is 1.52 bits per heavy atom. The normalized spacial score (nSPS) is 26.4. The monoisotopic (exact) mass is 364 g/mol. The highest BCUT2D eigenvalue weighted by Gasteiger charge is 2.40. The van der Waals surface area contributed by atoms with Gasteiger partial charge in [0.15, 0.2) is 0 Å². The highest BCUT2D eigenvalue weighted by Crippen LogP contribution is 2.38. The second-order valence-corrected chi connectivity index (χ2v) is 7.99. The Labute approximate surface area is 164 Å². The maximum absolute atomic E-state index is 6.30. The van der Waals surface area contributed by atoms with E-state index in [0.717, 1.165) is 18.6 Å². The van der Waals surface area contributed by atoms with Gasteiger partial charge >= 0.3 is 0 Å². The van der Waals surface area contributed by atoms with Crippen LogP contribution in [0.15, 0.2) is 73.0 Å². The Morgan fingerprint density at radius 1 is 0.926 bits per heavy atom. The molecule has 0 saturated carbocycles. The van der Waals surface area contributed by atoms with Crippen LogP contribution in [0.2, 0.25) is 0 Å². The first-order valence-electron chi connectivity index (χ1n) is 10.1. The molecule has 1 aliphatic rings. The molecule has 0 radical (unpaired) electrons. The molecule has 0 bridgehead atoms. The highest BCUT2D eigenvalue weighted by atomic mass is 16.5. The first-order chi connectivity index (χ1) is 13.1. The molecule has 2 aromatic carbocycles. The molecule has 1 fully saturated rings. The molecule has 0 spiro atoms. The average Bonchev–Trinajstić information content (AvgIpc) is 2.70. The van der Waals surface area contributed by atoms with Crippen molar-refractivity contribution in [2.45, 2.75) is 52.4 Å². The first kappa shape index (κ1) is 19.7. The van der Waals surface area contributed by atoms with E-state index in [1.165, 1.54) is 11.1 Å². The summed E-state index contributed by atoms with van der Waals surface area (Å²) in [6.07, 6.45) is 2.36. The van der Waals surface area contributed by atoms with Crippen LogP contribution in [0, 0.1) is 17.8 Å². The highest BCUT2D eigenvalue weighted by molar-refractivity contribution is 5.15. The second-order valence-electron chi connectivity index (χ2n) is 7.99. The summed E-state index contributed by atoms with van der Waals surface area (Å²) in [5.41, 5.74) is 2.58. The summed E-state index contributed by atoms with van der Waals surface area (Å²) < 4.78 is 12.5. The standard InChI is InChI=1S/C25H32O2/c1-18(15-16-22-11-7-5-8-12-22)24-19(2)20(3)25(21(4)27-24)26-17-23-13-9-6-10-14-23/h5-14,18-20,24-25H,4,15-17H2,1-3H3/t18-,19+,20+,24?,25?/m1/s1. The van der Waals surface area contributed by atoms with Gasteiger partial charge in [-0.3, -0.25) is 0 Å². The largest absolute Gasteiger partial charge is 0.492 e. The smallest absolute Gasteiger partial charge is 0.118 e. The number of aryl methyl sites for hydroxylation is 1. The van der Waals surface area contributed by atoms with Gasteiger partial charge < -0.3 is 9.47 Å². The minimum Gasteiger partial charge on any atom is -0.492 e. The zero-order chi connectivity index (χ0) is 19.2. The summed E-state index contributed by atoms with van der Waals surface area (Å²) in [6.45, 7) is 11.7. The van der Waals surface area contributed by atoms with Crippen molar-refractivity contribution in [1.82, 2.24) is 0 Å². The van der Waals surface area contributed by atoms with Gasteiger partial charge in [-0.1, -0.05) is 88.0 Å². The van der Waals surface area contributed by atoms with Crippen molar-refractivity contribution in [3.05, 3.63) is 84.1 Å². The molecule has 27 heavy (non-hydrogen) atoms. The maximum Gasteiger partial charge on any atom is 0.118 e. The van der Waals surface area contributed by atoms with Gasteiger partial charge in [0.2, 0.25) is 0 Å². The third-order valence-corrected chi connectivity index (χ3v) is 5.99. The maximum atomic E-state index is 6.30. The third-order valence-electron chi connectivity index (χ3n) is 5.99. The molecule has 2 aromatic rings. The fourth-order valence-electron chi connectivity index (χ4n) is 4.06. The van der Waals surface area contributed by atoms with Crippen LogP contribution < -0.4 is 0 Å². The van der Waals surface area contributed by atoms with Crippen molar-refractivity contribution in [3.63, 3.8) is 0 Å². The van der Waals surface area contributed by atoms with Crippen LogP contribution in [0.3, 0.4) is 0 Å². The lowest BCUT2D eigenvalue weighted by molar-refractivity contribution is -0.116.